The molecule has 0 aromatic heterocycles. The van der Waals surface area contributed by atoms with Gasteiger partial charge in [-0.1, -0.05) is 6.42 Å². The van der Waals surface area contributed by atoms with Crippen LogP contribution in [0.25, 0.3) is 0 Å². The summed E-state index contributed by atoms with van der Waals surface area (Å²) in [7, 11) is 0. The van der Waals surface area contributed by atoms with E-state index in [-0.39, 0.29) is 30.9 Å². The van der Waals surface area contributed by atoms with Crippen molar-refractivity contribution < 1.29 is 9.53 Å². The van der Waals surface area contributed by atoms with Crippen LogP contribution in [0.1, 0.15) is 38.5 Å². The van der Waals surface area contributed by atoms with Crippen LogP contribution >= 0.6 is 24.8 Å². The zero-order valence-electron chi connectivity index (χ0n) is 14.5. The molecule has 0 aromatic rings. The largest absolute Gasteiger partial charge is 0.379 e. The number of morpholine rings is 1. The molecule has 2 heterocycles. The highest BCUT2D eigenvalue weighted by Crippen LogP contribution is 2.28. The highest BCUT2D eigenvalue weighted by atomic mass is 35.5. The number of likely N-dealkylation sites (tertiary alicyclic amines) is 1. The van der Waals surface area contributed by atoms with Gasteiger partial charge in [-0.05, 0) is 37.5 Å². The number of ether oxygens (including phenoxy) is 1. The van der Waals surface area contributed by atoms with Crippen LogP contribution in [0.4, 0.5) is 0 Å². The second kappa shape index (κ2) is 10.8. The first kappa shape index (κ1) is 22.0. The van der Waals surface area contributed by atoms with Gasteiger partial charge in [-0.25, -0.2) is 0 Å². The van der Waals surface area contributed by atoms with E-state index in [0.717, 1.165) is 71.0 Å². The number of rotatable bonds is 4. The van der Waals surface area contributed by atoms with Crippen molar-refractivity contribution in [2.24, 2.45) is 17.6 Å². The van der Waals surface area contributed by atoms with Crippen molar-refractivity contribution in [2.45, 2.75) is 44.6 Å². The van der Waals surface area contributed by atoms with Gasteiger partial charge in [0.2, 0.25) is 5.91 Å². The Kier molecular flexibility index (Phi) is 9.90. The smallest absolute Gasteiger partial charge is 0.222 e. The lowest BCUT2D eigenvalue weighted by atomic mass is 9.94. The van der Waals surface area contributed by atoms with Gasteiger partial charge in [0.15, 0.2) is 0 Å². The Morgan fingerprint density at radius 3 is 2.25 bits per heavy atom. The number of nitrogens with two attached hydrogens (primary N) is 1. The quantitative estimate of drug-likeness (QED) is 0.807. The normalized spacial score (nSPS) is 29.0. The van der Waals surface area contributed by atoms with E-state index in [0.29, 0.717) is 18.2 Å². The molecular formula is C17H33Cl2N3O2. The maximum Gasteiger partial charge on any atom is 0.222 e. The van der Waals surface area contributed by atoms with Crippen LogP contribution in [-0.4, -0.2) is 67.7 Å². The van der Waals surface area contributed by atoms with Gasteiger partial charge >= 0.3 is 0 Å². The number of hydrogen-bond donors (Lipinski definition) is 1. The molecule has 0 bridgehead atoms. The SMILES string of the molecule is Cl.Cl.N[C@@H]1CCC[C@H]1CC(=O)N1CCC(CN2CCOCC2)CC1. The van der Waals surface area contributed by atoms with Crippen LogP contribution in [-0.2, 0) is 9.53 Å². The third-order valence-corrected chi connectivity index (χ3v) is 5.74. The monoisotopic (exact) mass is 381 g/mol. The summed E-state index contributed by atoms with van der Waals surface area (Å²) < 4.78 is 5.40. The summed E-state index contributed by atoms with van der Waals surface area (Å²) >= 11 is 0. The summed E-state index contributed by atoms with van der Waals surface area (Å²) in [4.78, 5) is 17.0. The third kappa shape index (κ3) is 6.03. The van der Waals surface area contributed by atoms with Gasteiger partial charge in [0, 0.05) is 45.2 Å². The van der Waals surface area contributed by atoms with E-state index in [1.165, 1.54) is 13.0 Å². The lowest BCUT2D eigenvalue weighted by Crippen LogP contribution is -2.44. The van der Waals surface area contributed by atoms with Crippen molar-refractivity contribution in [1.82, 2.24) is 9.80 Å². The van der Waals surface area contributed by atoms with Gasteiger partial charge in [0.1, 0.15) is 0 Å². The van der Waals surface area contributed by atoms with Crippen LogP contribution in [0.3, 0.4) is 0 Å². The number of piperidine rings is 1. The Hall–Kier alpha value is -0.0700. The molecule has 3 rings (SSSR count). The van der Waals surface area contributed by atoms with E-state index in [4.69, 9.17) is 10.5 Å². The van der Waals surface area contributed by atoms with Crippen LogP contribution < -0.4 is 5.73 Å². The van der Waals surface area contributed by atoms with Crippen LogP contribution in [0.5, 0.6) is 0 Å². The number of carbonyl (C=O) groups is 1. The van der Waals surface area contributed by atoms with Crippen molar-refractivity contribution >= 4 is 30.7 Å². The predicted molar refractivity (Wildman–Crippen MR) is 101 cm³/mol. The van der Waals surface area contributed by atoms with Gasteiger partial charge in [-0.3, -0.25) is 9.69 Å². The molecule has 2 aliphatic heterocycles. The van der Waals surface area contributed by atoms with Gasteiger partial charge in [0.05, 0.1) is 13.2 Å². The van der Waals surface area contributed by atoms with Gasteiger partial charge in [0.25, 0.3) is 0 Å². The van der Waals surface area contributed by atoms with Gasteiger partial charge in [-0.2, -0.15) is 0 Å². The number of nitrogens with zero attached hydrogens (tertiary/aromatic N) is 2. The molecule has 3 fully saturated rings. The summed E-state index contributed by atoms with van der Waals surface area (Å²) in [6.45, 7) is 6.94. The summed E-state index contributed by atoms with van der Waals surface area (Å²) in [6, 6.07) is 0.253. The lowest BCUT2D eigenvalue weighted by Gasteiger charge is -2.36. The fourth-order valence-corrected chi connectivity index (χ4v) is 4.19. The Balaban J connectivity index is 0.00000144. The van der Waals surface area contributed by atoms with Crippen molar-refractivity contribution in [3.05, 3.63) is 0 Å². The molecule has 7 heteroatoms. The number of carbonyl (C=O) groups excluding carboxylic acids is 1. The maximum atomic E-state index is 12.4. The fourth-order valence-electron chi connectivity index (χ4n) is 4.19. The fraction of sp³-hybridized carbons (Fsp3) is 0.941. The number of amides is 1. The second-order valence-corrected chi connectivity index (χ2v) is 7.30. The van der Waals surface area contributed by atoms with Crippen molar-refractivity contribution in [3.63, 3.8) is 0 Å². The van der Waals surface area contributed by atoms with Crippen LogP contribution in [0, 0.1) is 11.8 Å². The van der Waals surface area contributed by atoms with Crippen LogP contribution in [0.15, 0.2) is 0 Å². The highest BCUT2D eigenvalue weighted by Gasteiger charge is 2.30. The summed E-state index contributed by atoms with van der Waals surface area (Å²) in [5, 5.41) is 0. The van der Waals surface area contributed by atoms with E-state index in [2.05, 4.69) is 9.80 Å². The first-order valence-electron chi connectivity index (χ1n) is 9.06. The molecule has 1 aliphatic carbocycles. The molecule has 2 atom stereocenters. The zero-order valence-corrected chi connectivity index (χ0v) is 16.2. The zero-order chi connectivity index (χ0) is 15.4. The van der Waals surface area contributed by atoms with E-state index >= 15 is 0 Å². The Morgan fingerprint density at radius 2 is 1.67 bits per heavy atom. The van der Waals surface area contributed by atoms with E-state index in [1.54, 1.807) is 0 Å². The van der Waals surface area contributed by atoms with Gasteiger partial charge < -0.3 is 15.4 Å². The molecule has 142 valence electrons. The number of halogens is 2. The minimum absolute atomic E-state index is 0. The first-order chi connectivity index (χ1) is 10.7. The topological polar surface area (TPSA) is 58.8 Å². The molecule has 0 spiro atoms. The molecule has 3 aliphatic rings. The summed E-state index contributed by atoms with van der Waals surface area (Å²) in [6.07, 6.45) is 6.41. The van der Waals surface area contributed by atoms with Crippen LogP contribution in [0.2, 0.25) is 0 Å². The molecule has 24 heavy (non-hydrogen) atoms. The Bertz CT molecular complexity index is 373. The molecular weight excluding hydrogens is 349 g/mol. The van der Waals surface area contributed by atoms with Crippen molar-refractivity contribution in [2.75, 3.05) is 45.9 Å². The third-order valence-electron chi connectivity index (χ3n) is 5.74. The lowest BCUT2D eigenvalue weighted by molar-refractivity contribution is -0.133. The summed E-state index contributed by atoms with van der Waals surface area (Å²) in [5.74, 6) is 1.52. The van der Waals surface area contributed by atoms with E-state index in [9.17, 15) is 4.79 Å². The molecule has 2 saturated heterocycles. The van der Waals surface area contributed by atoms with Crippen molar-refractivity contribution in [1.29, 1.82) is 0 Å². The highest BCUT2D eigenvalue weighted by molar-refractivity contribution is 5.85. The predicted octanol–water partition coefficient (Wildman–Crippen LogP) is 1.92. The molecule has 0 unspecified atom stereocenters. The minimum atomic E-state index is 0. The van der Waals surface area contributed by atoms with E-state index < -0.39 is 0 Å². The molecule has 1 saturated carbocycles. The minimum Gasteiger partial charge on any atom is -0.379 e. The van der Waals surface area contributed by atoms with E-state index in [1.807, 2.05) is 0 Å². The van der Waals surface area contributed by atoms with Crippen molar-refractivity contribution in [3.8, 4) is 0 Å². The molecule has 5 nitrogen and oxygen atoms in total. The molecule has 2 N–H and O–H groups in total. The molecule has 1 amide bonds. The molecule has 0 radical (unpaired) electrons. The summed E-state index contributed by atoms with van der Waals surface area (Å²) in [5.41, 5.74) is 6.10. The Morgan fingerprint density at radius 1 is 1.00 bits per heavy atom. The average molecular weight is 382 g/mol. The maximum absolute atomic E-state index is 12.4. The second-order valence-electron chi connectivity index (χ2n) is 7.30. The first-order valence-corrected chi connectivity index (χ1v) is 9.06. The number of hydrogen-bond acceptors (Lipinski definition) is 4. The molecule has 0 aromatic carbocycles. The Labute approximate surface area is 158 Å². The average Bonchev–Trinajstić information content (AvgIpc) is 2.94. The van der Waals surface area contributed by atoms with Gasteiger partial charge in [-0.15, -0.1) is 24.8 Å². The standard InChI is InChI=1S/C17H31N3O2.2ClH/c18-16-3-1-2-15(16)12-17(21)20-6-4-14(5-7-20)13-19-8-10-22-11-9-19;;/h14-16H,1-13,18H2;2*1H/t15-,16+;;/m0../s1.